The van der Waals surface area contributed by atoms with E-state index in [1.165, 1.54) is 0 Å². The minimum absolute atomic E-state index is 0.263. The van der Waals surface area contributed by atoms with Crippen molar-refractivity contribution in [2.24, 2.45) is 0 Å². The predicted octanol–water partition coefficient (Wildman–Crippen LogP) is 4.38. The first-order valence-electron chi connectivity index (χ1n) is 9.43. The van der Waals surface area contributed by atoms with Gasteiger partial charge in [0.05, 0.1) is 7.11 Å². The van der Waals surface area contributed by atoms with Gasteiger partial charge in [-0.25, -0.2) is 4.79 Å². The lowest BCUT2D eigenvalue weighted by molar-refractivity contribution is -0.119. The highest BCUT2D eigenvalue weighted by molar-refractivity contribution is 5.96. The second-order valence-electron chi connectivity index (χ2n) is 6.63. The maximum absolute atomic E-state index is 12.5. The Labute approximate surface area is 175 Å². The van der Waals surface area contributed by atoms with E-state index in [9.17, 15) is 9.59 Å². The maximum atomic E-state index is 12.5. The molecule has 0 aliphatic rings. The lowest BCUT2D eigenvalue weighted by atomic mass is 10.1. The summed E-state index contributed by atoms with van der Waals surface area (Å²) in [6, 6.07) is 21.6. The van der Waals surface area contributed by atoms with Crippen LogP contribution in [0.2, 0.25) is 0 Å². The third-order valence-corrected chi connectivity index (χ3v) is 4.27. The number of ether oxygens (including phenoxy) is 3. The number of hydrogen-bond donors (Lipinski definition) is 1. The number of benzene rings is 3. The Kier molecular flexibility index (Phi) is 7.05. The monoisotopic (exact) mass is 405 g/mol. The molecule has 6 nitrogen and oxygen atoms in total. The second kappa shape index (κ2) is 10.1. The number of carbonyl (C=O) groups is 2. The van der Waals surface area contributed by atoms with Gasteiger partial charge in [0.25, 0.3) is 5.91 Å². The first kappa shape index (κ1) is 20.9. The van der Waals surface area contributed by atoms with E-state index in [4.69, 9.17) is 14.2 Å². The molecule has 0 heterocycles. The van der Waals surface area contributed by atoms with E-state index in [1.807, 2.05) is 31.2 Å². The van der Waals surface area contributed by atoms with Gasteiger partial charge in [-0.3, -0.25) is 4.79 Å². The van der Waals surface area contributed by atoms with E-state index in [2.05, 4.69) is 5.32 Å². The van der Waals surface area contributed by atoms with Crippen LogP contribution in [0.5, 0.6) is 11.5 Å². The molecule has 3 aromatic carbocycles. The largest absolute Gasteiger partial charge is 0.497 e. The van der Waals surface area contributed by atoms with Gasteiger partial charge in [0.1, 0.15) is 23.7 Å². The molecular formula is C24H23NO5. The highest BCUT2D eigenvalue weighted by atomic mass is 16.5. The van der Waals surface area contributed by atoms with Crippen LogP contribution in [0.15, 0.2) is 72.8 Å². The molecule has 3 aromatic rings. The number of aryl methyl sites for hydroxylation is 1. The predicted molar refractivity (Wildman–Crippen MR) is 114 cm³/mol. The van der Waals surface area contributed by atoms with Gasteiger partial charge < -0.3 is 19.5 Å². The number of nitrogens with one attached hydrogen (secondary N) is 1. The van der Waals surface area contributed by atoms with E-state index in [1.54, 1.807) is 55.6 Å². The lowest BCUT2D eigenvalue weighted by Gasteiger charge is -2.12. The Hall–Kier alpha value is -3.80. The van der Waals surface area contributed by atoms with Gasteiger partial charge in [0.2, 0.25) is 0 Å². The average Bonchev–Trinajstić information content (AvgIpc) is 2.76. The fourth-order valence-corrected chi connectivity index (χ4v) is 2.83. The topological polar surface area (TPSA) is 73.9 Å². The molecule has 0 atom stereocenters. The summed E-state index contributed by atoms with van der Waals surface area (Å²) >= 11 is 0. The molecular weight excluding hydrogens is 382 g/mol. The summed E-state index contributed by atoms with van der Waals surface area (Å²) in [6.07, 6.45) is 0. The van der Waals surface area contributed by atoms with Gasteiger partial charge in [-0.1, -0.05) is 48.0 Å². The molecule has 3 rings (SSSR count). The smallest absolute Gasteiger partial charge is 0.342 e. The average molecular weight is 405 g/mol. The van der Waals surface area contributed by atoms with Crippen molar-refractivity contribution in [2.45, 2.75) is 13.5 Å². The van der Waals surface area contributed by atoms with Crippen LogP contribution in [0.3, 0.4) is 0 Å². The van der Waals surface area contributed by atoms with Crippen LogP contribution in [-0.2, 0) is 16.1 Å². The molecule has 6 heteroatoms. The Morgan fingerprint density at radius 2 is 1.73 bits per heavy atom. The minimum atomic E-state index is -0.629. The van der Waals surface area contributed by atoms with Crippen molar-refractivity contribution in [2.75, 3.05) is 19.0 Å². The number of anilines is 1. The van der Waals surface area contributed by atoms with Crippen molar-refractivity contribution in [1.29, 1.82) is 0 Å². The Morgan fingerprint density at radius 3 is 2.53 bits per heavy atom. The normalized spacial score (nSPS) is 10.2. The molecule has 1 amide bonds. The first-order chi connectivity index (χ1) is 14.5. The minimum Gasteiger partial charge on any atom is -0.497 e. The van der Waals surface area contributed by atoms with E-state index >= 15 is 0 Å². The number of esters is 1. The maximum Gasteiger partial charge on any atom is 0.342 e. The van der Waals surface area contributed by atoms with E-state index in [-0.39, 0.29) is 5.56 Å². The molecule has 0 saturated carbocycles. The van der Waals surface area contributed by atoms with Crippen LogP contribution in [0.4, 0.5) is 5.69 Å². The van der Waals surface area contributed by atoms with Gasteiger partial charge in [-0.15, -0.1) is 0 Å². The van der Waals surface area contributed by atoms with Crippen molar-refractivity contribution in [3.05, 3.63) is 89.5 Å². The summed E-state index contributed by atoms with van der Waals surface area (Å²) in [5.74, 6) is -0.0629. The lowest BCUT2D eigenvalue weighted by Crippen LogP contribution is -2.21. The number of rotatable bonds is 8. The van der Waals surface area contributed by atoms with Gasteiger partial charge in [0.15, 0.2) is 6.61 Å². The quantitative estimate of drug-likeness (QED) is 0.563. The van der Waals surface area contributed by atoms with Crippen molar-refractivity contribution in [3.63, 3.8) is 0 Å². The Bertz CT molecular complexity index is 1030. The van der Waals surface area contributed by atoms with E-state index in [0.717, 1.165) is 11.1 Å². The zero-order chi connectivity index (χ0) is 21.3. The van der Waals surface area contributed by atoms with Crippen LogP contribution in [0, 0.1) is 6.92 Å². The van der Waals surface area contributed by atoms with Crippen molar-refractivity contribution in [3.8, 4) is 11.5 Å². The van der Waals surface area contributed by atoms with Gasteiger partial charge in [-0.05, 0) is 36.8 Å². The summed E-state index contributed by atoms with van der Waals surface area (Å²) in [7, 11) is 1.54. The molecule has 0 bridgehead atoms. The molecule has 0 saturated heterocycles. The zero-order valence-corrected chi connectivity index (χ0v) is 16.9. The van der Waals surface area contributed by atoms with Gasteiger partial charge >= 0.3 is 5.97 Å². The van der Waals surface area contributed by atoms with Crippen molar-refractivity contribution >= 4 is 17.6 Å². The van der Waals surface area contributed by atoms with Crippen LogP contribution in [-0.4, -0.2) is 25.6 Å². The third-order valence-electron chi connectivity index (χ3n) is 4.27. The highest BCUT2D eigenvalue weighted by Gasteiger charge is 2.15. The molecule has 0 aliphatic carbocycles. The SMILES string of the molecule is COc1cccc(NC(=O)COC(=O)c2ccccc2OCc2cccc(C)c2)c1. The molecule has 0 unspecified atom stereocenters. The number of para-hydroxylation sites is 1. The van der Waals surface area contributed by atoms with E-state index in [0.29, 0.717) is 23.8 Å². The first-order valence-corrected chi connectivity index (χ1v) is 9.43. The van der Waals surface area contributed by atoms with Crippen molar-refractivity contribution in [1.82, 2.24) is 0 Å². The number of amides is 1. The number of carbonyl (C=O) groups excluding carboxylic acids is 2. The summed E-state index contributed by atoms with van der Waals surface area (Å²) in [5.41, 5.74) is 2.94. The van der Waals surface area contributed by atoms with Gasteiger partial charge in [0, 0.05) is 11.8 Å². The molecule has 0 aromatic heterocycles. The van der Waals surface area contributed by atoms with Crippen LogP contribution >= 0.6 is 0 Å². The highest BCUT2D eigenvalue weighted by Crippen LogP contribution is 2.21. The fraction of sp³-hybridized carbons (Fsp3) is 0.167. The van der Waals surface area contributed by atoms with Crippen LogP contribution in [0.25, 0.3) is 0 Å². The molecule has 30 heavy (non-hydrogen) atoms. The molecule has 0 spiro atoms. The van der Waals surface area contributed by atoms with E-state index < -0.39 is 18.5 Å². The molecule has 0 radical (unpaired) electrons. The number of methoxy groups -OCH3 is 1. The Balaban J connectivity index is 1.58. The Morgan fingerprint density at radius 1 is 0.933 bits per heavy atom. The number of hydrogen-bond acceptors (Lipinski definition) is 5. The molecule has 0 fully saturated rings. The molecule has 0 aliphatic heterocycles. The molecule has 154 valence electrons. The van der Waals surface area contributed by atoms with Crippen molar-refractivity contribution < 1.29 is 23.8 Å². The summed E-state index contributed by atoms with van der Waals surface area (Å²) in [4.78, 5) is 24.6. The second-order valence-corrected chi connectivity index (χ2v) is 6.63. The summed E-state index contributed by atoms with van der Waals surface area (Å²) < 4.78 is 16.1. The van der Waals surface area contributed by atoms with Gasteiger partial charge in [-0.2, -0.15) is 0 Å². The summed E-state index contributed by atoms with van der Waals surface area (Å²) in [6.45, 7) is 1.91. The van der Waals surface area contributed by atoms with Crippen LogP contribution in [0.1, 0.15) is 21.5 Å². The summed E-state index contributed by atoms with van der Waals surface area (Å²) in [5, 5.41) is 2.66. The fourth-order valence-electron chi connectivity index (χ4n) is 2.83. The third kappa shape index (κ3) is 5.85. The van der Waals surface area contributed by atoms with Crippen LogP contribution < -0.4 is 14.8 Å². The zero-order valence-electron chi connectivity index (χ0n) is 16.9. The molecule has 1 N–H and O–H groups in total. The standard InChI is InChI=1S/C24H23NO5/c1-17-7-5-8-18(13-17)15-29-22-12-4-3-11-21(22)24(27)30-16-23(26)25-19-9-6-10-20(14-19)28-2/h3-14H,15-16H2,1-2H3,(H,25,26).